The molecule has 0 radical (unpaired) electrons. The normalized spacial score (nSPS) is 21.1. The zero-order valence-corrected chi connectivity index (χ0v) is 15.9. The molecule has 1 aromatic heterocycles. The minimum atomic E-state index is -3.54. The summed E-state index contributed by atoms with van der Waals surface area (Å²) >= 11 is 0. The molecular formula is C17H26N4O3S. The van der Waals surface area contributed by atoms with Crippen LogP contribution in [0.3, 0.4) is 0 Å². The van der Waals surface area contributed by atoms with Crippen molar-refractivity contribution in [2.45, 2.75) is 38.1 Å². The van der Waals surface area contributed by atoms with Gasteiger partial charge in [0.2, 0.25) is 5.91 Å². The molecule has 0 aliphatic carbocycles. The van der Waals surface area contributed by atoms with Crippen LogP contribution in [0.1, 0.15) is 33.1 Å². The fourth-order valence-electron chi connectivity index (χ4n) is 3.63. The van der Waals surface area contributed by atoms with E-state index in [4.69, 9.17) is 0 Å². The van der Waals surface area contributed by atoms with E-state index in [1.807, 2.05) is 18.7 Å². The second-order valence-electron chi connectivity index (χ2n) is 7.51. The number of hydrogen-bond donors (Lipinski definition) is 0. The molecule has 2 saturated heterocycles. The molecule has 25 heavy (non-hydrogen) atoms. The Kier molecular flexibility index (Phi) is 4.76. The molecule has 0 atom stereocenters. The Morgan fingerprint density at radius 1 is 1.32 bits per heavy atom. The summed E-state index contributed by atoms with van der Waals surface area (Å²) in [6, 6.07) is 0. The van der Waals surface area contributed by atoms with Crippen molar-refractivity contribution in [3.05, 3.63) is 24.2 Å². The third kappa shape index (κ3) is 3.64. The first-order chi connectivity index (χ1) is 11.7. The van der Waals surface area contributed by atoms with Gasteiger partial charge in [0, 0.05) is 45.8 Å². The summed E-state index contributed by atoms with van der Waals surface area (Å²) in [6.07, 6.45) is 7.06. The standard InChI is InChI=1S/C17H26N4O3S/c1-14(2)4-7-20-12-17(10-16(20)22)5-8-21(9-6-17)25(23,24)15-11-19(3)13-18-15/h4,11,13H,5-10,12H2,1-3H3. The monoisotopic (exact) mass is 366 g/mol. The molecule has 138 valence electrons. The van der Waals surface area contributed by atoms with Crippen LogP contribution in [-0.4, -0.2) is 59.3 Å². The number of aromatic nitrogens is 2. The van der Waals surface area contributed by atoms with Crippen molar-refractivity contribution >= 4 is 15.9 Å². The Morgan fingerprint density at radius 3 is 2.56 bits per heavy atom. The summed E-state index contributed by atoms with van der Waals surface area (Å²) in [6.45, 7) is 6.33. The summed E-state index contributed by atoms with van der Waals surface area (Å²) in [4.78, 5) is 18.2. The number of sulfonamides is 1. The quantitative estimate of drug-likeness (QED) is 0.755. The van der Waals surface area contributed by atoms with Crippen LogP contribution in [-0.2, 0) is 21.9 Å². The summed E-state index contributed by atoms with van der Waals surface area (Å²) in [5, 5.41) is 0.0960. The van der Waals surface area contributed by atoms with Crippen molar-refractivity contribution in [1.29, 1.82) is 0 Å². The topological polar surface area (TPSA) is 75.5 Å². The molecule has 8 heteroatoms. The number of piperidine rings is 1. The molecule has 0 N–H and O–H groups in total. The van der Waals surface area contributed by atoms with Crippen LogP contribution >= 0.6 is 0 Å². The van der Waals surface area contributed by atoms with Crippen molar-refractivity contribution in [1.82, 2.24) is 18.8 Å². The first-order valence-corrected chi connectivity index (χ1v) is 10.1. The molecule has 0 aromatic carbocycles. The van der Waals surface area contributed by atoms with E-state index in [0.717, 1.165) is 19.4 Å². The number of rotatable bonds is 4. The van der Waals surface area contributed by atoms with Crippen molar-refractivity contribution in [3.8, 4) is 0 Å². The molecular weight excluding hydrogens is 340 g/mol. The molecule has 3 heterocycles. The Hall–Kier alpha value is -1.67. The lowest BCUT2D eigenvalue weighted by atomic mass is 9.78. The predicted molar refractivity (Wildman–Crippen MR) is 94.3 cm³/mol. The van der Waals surface area contributed by atoms with Crippen LogP contribution in [0.15, 0.2) is 29.2 Å². The lowest BCUT2D eigenvalue weighted by Crippen LogP contribution is -2.44. The molecule has 2 aliphatic heterocycles. The minimum absolute atomic E-state index is 0.0806. The maximum atomic E-state index is 12.7. The summed E-state index contributed by atoms with van der Waals surface area (Å²) in [5.74, 6) is 0.179. The molecule has 1 aromatic rings. The van der Waals surface area contributed by atoms with E-state index in [2.05, 4.69) is 11.1 Å². The number of hydrogen-bond acceptors (Lipinski definition) is 4. The molecule has 0 saturated carbocycles. The average Bonchev–Trinajstić information content (AvgIpc) is 3.10. The third-order valence-corrected chi connectivity index (χ3v) is 6.98. The van der Waals surface area contributed by atoms with Gasteiger partial charge < -0.3 is 9.47 Å². The molecule has 7 nitrogen and oxygen atoms in total. The smallest absolute Gasteiger partial charge is 0.262 e. The van der Waals surface area contributed by atoms with Crippen LogP contribution in [0.25, 0.3) is 0 Å². The van der Waals surface area contributed by atoms with E-state index in [1.165, 1.54) is 22.4 Å². The van der Waals surface area contributed by atoms with Gasteiger partial charge in [-0.1, -0.05) is 11.6 Å². The molecule has 1 amide bonds. The molecule has 3 rings (SSSR count). The van der Waals surface area contributed by atoms with Gasteiger partial charge in [-0.2, -0.15) is 4.31 Å². The number of carbonyl (C=O) groups excluding carboxylic acids is 1. The number of allylic oxidation sites excluding steroid dienone is 1. The molecule has 2 fully saturated rings. The van der Waals surface area contributed by atoms with Crippen molar-refractivity contribution in [2.75, 3.05) is 26.2 Å². The van der Waals surface area contributed by atoms with E-state index in [9.17, 15) is 13.2 Å². The van der Waals surface area contributed by atoms with Gasteiger partial charge in [-0.3, -0.25) is 4.79 Å². The number of imidazole rings is 1. The van der Waals surface area contributed by atoms with Gasteiger partial charge in [0.25, 0.3) is 10.0 Å². The summed E-state index contributed by atoms with van der Waals surface area (Å²) < 4.78 is 28.5. The van der Waals surface area contributed by atoms with Gasteiger partial charge in [-0.15, -0.1) is 0 Å². The Morgan fingerprint density at radius 2 is 2.00 bits per heavy atom. The predicted octanol–water partition coefficient (Wildman–Crippen LogP) is 1.39. The molecule has 0 bridgehead atoms. The average molecular weight is 366 g/mol. The minimum Gasteiger partial charge on any atom is -0.339 e. The van der Waals surface area contributed by atoms with Crippen LogP contribution in [0, 0.1) is 5.41 Å². The fourth-order valence-corrected chi connectivity index (χ4v) is 5.04. The highest BCUT2D eigenvalue weighted by Gasteiger charge is 2.46. The summed E-state index contributed by atoms with van der Waals surface area (Å²) in [5.41, 5.74) is 1.12. The Bertz CT molecular complexity index is 785. The maximum absolute atomic E-state index is 12.7. The number of likely N-dealkylation sites (tertiary alicyclic amines) is 1. The highest BCUT2D eigenvalue weighted by atomic mass is 32.2. The van der Waals surface area contributed by atoms with Crippen molar-refractivity contribution in [3.63, 3.8) is 0 Å². The number of carbonyl (C=O) groups is 1. The molecule has 1 spiro atoms. The van der Waals surface area contributed by atoms with E-state index in [0.29, 0.717) is 26.1 Å². The van der Waals surface area contributed by atoms with Gasteiger partial charge >= 0.3 is 0 Å². The van der Waals surface area contributed by atoms with Crippen molar-refractivity contribution < 1.29 is 13.2 Å². The van der Waals surface area contributed by atoms with Crippen molar-refractivity contribution in [2.24, 2.45) is 12.5 Å². The van der Waals surface area contributed by atoms with Crippen LogP contribution < -0.4 is 0 Å². The Labute approximate surface area is 149 Å². The van der Waals surface area contributed by atoms with E-state index >= 15 is 0 Å². The van der Waals surface area contributed by atoms with E-state index < -0.39 is 10.0 Å². The molecule has 0 unspecified atom stereocenters. The zero-order chi connectivity index (χ0) is 18.2. The van der Waals surface area contributed by atoms with Gasteiger partial charge in [0.1, 0.15) is 0 Å². The second kappa shape index (κ2) is 6.57. The third-order valence-electron chi connectivity index (χ3n) is 5.19. The van der Waals surface area contributed by atoms with Crippen LogP contribution in [0.5, 0.6) is 0 Å². The summed E-state index contributed by atoms with van der Waals surface area (Å²) in [7, 11) is -1.79. The first-order valence-electron chi connectivity index (χ1n) is 8.61. The largest absolute Gasteiger partial charge is 0.339 e. The maximum Gasteiger partial charge on any atom is 0.262 e. The van der Waals surface area contributed by atoms with E-state index in [-0.39, 0.29) is 16.3 Å². The van der Waals surface area contributed by atoms with Gasteiger partial charge in [0.15, 0.2) is 5.03 Å². The number of amides is 1. The first kappa shape index (κ1) is 18.1. The number of aryl methyl sites for hydroxylation is 1. The number of nitrogens with zero attached hydrogens (tertiary/aromatic N) is 4. The highest BCUT2D eigenvalue weighted by molar-refractivity contribution is 7.89. The van der Waals surface area contributed by atoms with Gasteiger partial charge in [0.05, 0.1) is 6.33 Å². The van der Waals surface area contributed by atoms with Gasteiger partial charge in [-0.05, 0) is 32.1 Å². The zero-order valence-electron chi connectivity index (χ0n) is 15.1. The fraction of sp³-hybridized carbons (Fsp3) is 0.647. The van der Waals surface area contributed by atoms with Crippen LogP contribution in [0.4, 0.5) is 0 Å². The molecule has 2 aliphatic rings. The lowest BCUT2D eigenvalue weighted by molar-refractivity contribution is -0.127. The van der Waals surface area contributed by atoms with E-state index in [1.54, 1.807) is 11.6 Å². The van der Waals surface area contributed by atoms with Gasteiger partial charge in [-0.25, -0.2) is 13.4 Å². The van der Waals surface area contributed by atoms with Crippen LogP contribution in [0.2, 0.25) is 0 Å². The SMILES string of the molecule is CC(C)=CCN1CC2(CCN(S(=O)(=O)c3cn(C)cn3)CC2)CC1=O. The lowest BCUT2D eigenvalue weighted by Gasteiger charge is -2.37. The second-order valence-corrected chi connectivity index (χ2v) is 9.40. The Balaban J connectivity index is 1.66. The highest BCUT2D eigenvalue weighted by Crippen LogP contribution is 2.41.